The van der Waals surface area contributed by atoms with Gasteiger partial charge in [0.2, 0.25) is 0 Å². The van der Waals surface area contributed by atoms with E-state index in [1.807, 2.05) is 78.9 Å². The minimum atomic E-state index is -1.06. The Morgan fingerprint density at radius 2 is 0.903 bits per heavy atom. The van der Waals surface area contributed by atoms with Gasteiger partial charge in [0.25, 0.3) is 0 Å². The maximum Gasteiger partial charge on any atom is 0.0645 e. The van der Waals surface area contributed by atoms with Crippen LogP contribution in [0.5, 0.6) is 0 Å². The minimum Gasteiger partial charge on any atom is -0.310 e. The first kappa shape index (κ1) is 20.2. The highest BCUT2D eigenvalue weighted by atomic mass is 15.1. The molecule has 0 fully saturated rings. The van der Waals surface area contributed by atoms with Gasteiger partial charge in [-0.2, -0.15) is 0 Å². The molecule has 0 aromatic heterocycles. The Bertz CT molecular complexity index is 4480. The second kappa shape index (κ2) is 15.4. The van der Waals surface area contributed by atoms with Gasteiger partial charge in [0.15, 0.2) is 0 Å². The summed E-state index contributed by atoms with van der Waals surface area (Å²) in [6, 6.07) is 9.67. The van der Waals surface area contributed by atoms with Crippen LogP contribution in [0.3, 0.4) is 0 Å². The third-order valence-corrected chi connectivity index (χ3v) is 11.1. The Kier molecular flexibility index (Phi) is 5.01. The summed E-state index contributed by atoms with van der Waals surface area (Å²) >= 11 is 0. The van der Waals surface area contributed by atoms with Crippen LogP contribution < -0.4 is 4.90 Å². The van der Waals surface area contributed by atoms with Gasteiger partial charge in [0.1, 0.15) is 0 Å². The van der Waals surface area contributed by atoms with E-state index in [2.05, 4.69) is 13.8 Å². The summed E-state index contributed by atoms with van der Waals surface area (Å²) in [5.74, 6) is 0. The number of anilines is 3. The molecule has 1 aliphatic carbocycles. The highest BCUT2D eigenvalue weighted by Crippen LogP contribution is 2.51. The number of nitrogens with zero attached hydrogens (tertiary/aromatic N) is 1. The maximum atomic E-state index is 9.93. The lowest BCUT2D eigenvalue weighted by molar-refractivity contribution is 0.660. The van der Waals surface area contributed by atoms with Crippen LogP contribution in [0.2, 0.25) is 0 Å². The molecular weight excluding hydrogens is 747 g/mol. The number of fused-ring (bicyclic) bond motifs is 4. The largest absolute Gasteiger partial charge is 0.310 e. The number of benzene rings is 10. The van der Waals surface area contributed by atoms with Gasteiger partial charge in [-0.05, 0) is 125 Å². The molecule has 0 unspecified atom stereocenters. The van der Waals surface area contributed by atoms with Crippen LogP contribution in [0.4, 0.5) is 17.1 Å². The predicted octanol–water partition coefficient (Wildman–Crippen LogP) is 17.0. The predicted molar refractivity (Wildman–Crippen MR) is 263 cm³/mol. The first-order chi connectivity index (χ1) is 40.1. The van der Waals surface area contributed by atoms with Crippen LogP contribution >= 0.6 is 0 Å². The summed E-state index contributed by atoms with van der Waals surface area (Å²) in [5, 5.41) is -1.28. The monoisotopic (exact) mass is 814 g/mol. The third kappa shape index (κ3) is 6.60. The van der Waals surface area contributed by atoms with E-state index >= 15 is 0 Å². The van der Waals surface area contributed by atoms with Crippen LogP contribution in [0.15, 0.2) is 236 Å². The SMILES string of the molecule is [2H]c1c([2H])c([2H])c(-c2c([2H])c([2H])c(-c3c([2H])c([2H])c(-c4c(-c5c([2H])c([2H])c(N(c6ccc(-c7ccccc7)cc6)c6ccc7c(c6)C(C)(C)c6ccccc6-7)c([2H])c5[2H])c([2H])c([2H])c5c([2H])c([2H])c([2H])c([2H])c45)c([2H])c3[2H])c([2H])c2[2H])c([2H])c1[2H]. The smallest absolute Gasteiger partial charge is 0.0645 e. The number of hydrogen-bond donors (Lipinski definition) is 0. The van der Waals surface area contributed by atoms with Crippen molar-refractivity contribution in [2.75, 3.05) is 4.90 Å². The van der Waals surface area contributed by atoms with Crippen molar-refractivity contribution in [3.05, 3.63) is 247 Å². The molecule has 0 radical (unpaired) electrons. The van der Waals surface area contributed by atoms with Crippen molar-refractivity contribution in [2.45, 2.75) is 19.3 Å². The molecule has 62 heavy (non-hydrogen) atoms. The molecule has 0 heterocycles. The molecule has 0 spiro atoms. The molecule has 11 rings (SSSR count). The fraction of sp³-hybridized carbons (Fsp3) is 0.0492. The van der Waals surface area contributed by atoms with E-state index in [-0.39, 0.29) is 5.69 Å². The molecule has 0 amide bonds. The zero-order valence-corrected chi connectivity index (χ0v) is 33.2. The summed E-state index contributed by atoms with van der Waals surface area (Å²) < 4.78 is 210. The standard InChI is InChI=1S/C61H45N/c1-61(2)58-20-12-11-19-56(58)57-40-38-53(41-59(57)61)62(51-34-29-47(30-35-51)43-15-7-4-8-16-43)52-36-31-49(32-37-52)55-39-33-48-17-9-10-18-54(48)60(55)50-27-25-46(26-28-50)45-23-21-44(22-24-45)42-13-5-3-6-14-42/h3-41H,1-2H3/i3D,5D,6D,9D,10D,13D,14D,17D,18D,21D,22D,23D,24D,25D,26D,27D,28D,31D,32D,33D,36D,37D,39D. The number of rotatable bonds is 8. The van der Waals surface area contributed by atoms with E-state index in [0.717, 1.165) is 33.4 Å². The van der Waals surface area contributed by atoms with Gasteiger partial charge < -0.3 is 4.90 Å². The lowest BCUT2D eigenvalue weighted by Crippen LogP contribution is -2.16. The molecule has 0 N–H and O–H groups in total. The lowest BCUT2D eigenvalue weighted by atomic mass is 9.82. The van der Waals surface area contributed by atoms with Crippen molar-refractivity contribution in [1.29, 1.82) is 0 Å². The van der Waals surface area contributed by atoms with Crippen LogP contribution in [-0.2, 0) is 5.41 Å². The maximum absolute atomic E-state index is 9.93. The molecule has 0 bridgehead atoms. The van der Waals surface area contributed by atoms with Crippen LogP contribution in [0.1, 0.15) is 56.5 Å². The van der Waals surface area contributed by atoms with Gasteiger partial charge in [-0.1, -0.05) is 214 Å². The Morgan fingerprint density at radius 3 is 1.61 bits per heavy atom. The molecular formula is C61H45N. The fourth-order valence-corrected chi connectivity index (χ4v) is 8.06. The van der Waals surface area contributed by atoms with E-state index in [1.165, 1.54) is 0 Å². The minimum absolute atomic E-state index is 0.271. The zero-order chi connectivity index (χ0) is 61.6. The topological polar surface area (TPSA) is 3.24 Å². The van der Waals surface area contributed by atoms with Gasteiger partial charge >= 0.3 is 0 Å². The average Bonchev–Trinajstić information content (AvgIpc) is 1.56. The van der Waals surface area contributed by atoms with Crippen molar-refractivity contribution < 1.29 is 31.5 Å². The van der Waals surface area contributed by atoms with E-state index in [9.17, 15) is 15.1 Å². The molecule has 1 aliphatic rings. The Labute approximate surface area is 397 Å². The van der Waals surface area contributed by atoms with Gasteiger partial charge in [0, 0.05) is 22.5 Å². The highest BCUT2D eigenvalue weighted by Gasteiger charge is 2.35. The van der Waals surface area contributed by atoms with Crippen LogP contribution in [0.25, 0.3) is 77.5 Å². The molecule has 1 heteroatoms. The number of hydrogen-bond acceptors (Lipinski definition) is 1. The molecule has 0 saturated carbocycles. The summed E-state index contributed by atoms with van der Waals surface area (Å²) in [7, 11) is 0. The zero-order valence-electron chi connectivity index (χ0n) is 56.2. The second-order valence-electron chi connectivity index (χ2n) is 15.1. The molecule has 294 valence electrons. The van der Waals surface area contributed by atoms with E-state index < -0.39 is 200 Å². The fourth-order valence-electron chi connectivity index (χ4n) is 8.06. The molecule has 0 atom stereocenters. The van der Waals surface area contributed by atoms with Gasteiger partial charge in [-0.25, -0.2) is 0 Å². The third-order valence-electron chi connectivity index (χ3n) is 11.1. The highest BCUT2D eigenvalue weighted by molar-refractivity contribution is 6.04. The van der Waals surface area contributed by atoms with Gasteiger partial charge in [-0.3, -0.25) is 0 Å². The summed E-state index contributed by atoms with van der Waals surface area (Å²) in [5.41, 5.74) is -0.315. The summed E-state index contributed by atoms with van der Waals surface area (Å²) in [4.78, 5) is 1.57. The van der Waals surface area contributed by atoms with Gasteiger partial charge in [-0.15, -0.1) is 0 Å². The Balaban J connectivity index is 1.19. The molecule has 10 aromatic carbocycles. The average molecular weight is 815 g/mol. The van der Waals surface area contributed by atoms with Crippen molar-refractivity contribution in [3.63, 3.8) is 0 Å². The van der Waals surface area contributed by atoms with Crippen molar-refractivity contribution in [2.24, 2.45) is 0 Å². The molecule has 0 aliphatic heterocycles. The van der Waals surface area contributed by atoms with E-state index in [1.54, 1.807) is 23.1 Å². The quantitative estimate of drug-likeness (QED) is 0.148. The van der Waals surface area contributed by atoms with Crippen molar-refractivity contribution in [3.8, 4) is 66.8 Å². The summed E-state index contributed by atoms with van der Waals surface area (Å²) in [6.45, 7) is 4.15. The van der Waals surface area contributed by atoms with Crippen LogP contribution in [0, 0.1) is 0 Å². The van der Waals surface area contributed by atoms with E-state index in [4.69, 9.17) is 16.4 Å². The van der Waals surface area contributed by atoms with Crippen molar-refractivity contribution >= 4 is 27.8 Å². The van der Waals surface area contributed by atoms with Crippen molar-refractivity contribution in [1.82, 2.24) is 0 Å². The molecule has 1 nitrogen and oxygen atoms in total. The van der Waals surface area contributed by atoms with Gasteiger partial charge in [0.05, 0.1) is 31.5 Å². The Hall–Kier alpha value is -7.74. The van der Waals surface area contributed by atoms with Crippen LogP contribution in [-0.4, -0.2) is 0 Å². The molecule has 10 aromatic rings. The van der Waals surface area contributed by atoms with E-state index in [0.29, 0.717) is 11.4 Å². The normalized spacial score (nSPS) is 17.7. The Morgan fingerprint density at radius 1 is 0.355 bits per heavy atom. The molecule has 0 saturated heterocycles. The summed E-state index contributed by atoms with van der Waals surface area (Å²) in [6.07, 6.45) is 0. The second-order valence-corrected chi connectivity index (χ2v) is 15.1. The first-order valence-corrected chi connectivity index (χ1v) is 19.7. The lowest BCUT2D eigenvalue weighted by Gasteiger charge is -2.28. The first-order valence-electron chi connectivity index (χ1n) is 31.2.